The number of fused-ring (bicyclic) bond motifs is 2. The number of anilines is 2. The molecule has 0 saturated heterocycles. The molecule has 0 aliphatic rings. The van der Waals surface area contributed by atoms with Crippen LogP contribution in [-0.4, -0.2) is 54.2 Å². The Balaban J connectivity index is 1.32. The Bertz CT molecular complexity index is 2940. The first-order valence-electron chi connectivity index (χ1n) is 16.1. The third kappa shape index (κ3) is 8.15. The number of nitrogens with zero attached hydrogens (tertiary/aromatic N) is 4. The number of benzene rings is 6. The minimum atomic E-state index is -4.51. The lowest BCUT2D eigenvalue weighted by molar-refractivity contribution is 0.396. The van der Waals surface area contributed by atoms with Gasteiger partial charge in [-0.05, 0) is 76.9 Å². The SMILES string of the molecule is COS(=O)(=O)c1cc(N=Nc2c(S(=O)(=O)OC)cc3cccc(N)c3c2O)ccc1Cc1ccc(N=Nc2c(CS(=O)(=O)O)cc3cccc(N)c3c2O)cc1. The monoisotopic (exact) mass is 820 g/mol. The number of nitrogen functional groups attached to an aromatic ring is 2. The van der Waals surface area contributed by atoms with Crippen LogP contribution in [0, 0.1) is 0 Å². The summed E-state index contributed by atoms with van der Waals surface area (Å²) in [4.78, 5) is -0.768. The summed E-state index contributed by atoms with van der Waals surface area (Å²) in [7, 11) is -11.3. The third-order valence-corrected chi connectivity index (χ3v) is 11.9. The second kappa shape index (κ2) is 15.2. The van der Waals surface area contributed by atoms with E-state index in [4.69, 9.17) is 15.7 Å². The number of azo groups is 2. The van der Waals surface area contributed by atoms with Crippen molar-refractivity contribution in [1.29, 1.82) is 0 Å². The number of aromatic hydroxyl groups is 2. The fraction of sp³-hybridized carbons (Fsp3) is 0.111. The first-order chi connectivity index (χ1) is 26.4. The zero-order valence-corrected chi connectivity index (χ0v) is 31.8. The summed E-state index contributed by atoms with van der Waals surface area (Å²) in [5.41, 5.74) is 12.9. The number of hydrogen-bond acceptors (Lipinski definition) is 16. The molecule has 0 saturated carbocycles. The van der Waals surface area contributed by atoms with Crippen LogP contribution in [0.4, 0.5) is 34.1 Å². The maximum Gasteiger partial charge on any atom is 0.299 e. The minimum absolute atomic E-state index is 0.0162. The van der Waals surface area contributed by atoms with Crippen LogP contribution in [0.3, 0.4) is 0 Å². The summed E-state index contributed by atoms with van der Waals surface area (Å²) in [5.74, 6) is -1.85. The molecular formula is C36H32N6O11S3. The molecule has 6 rings (SSSR count). The quantitative estimate of drug-likeness (QED) is 0.0358. The molecule has 56 heavy (non-hydrogen) atoms. The highest BCUT2D eigenvalue weighted by molar-refractivity contribution is 7.87. The van der Waals surface area contributed by atoms with Gasteiger partial charge in [0, 0.05) is 27.7 Å². The van der Waals surface area contributed by atoms with Gasteiger partial charge in [-0.3, -0.25) is 12.9 Å². The first kappa shape index (κ1) is 39.7. The van der Waals surface area contributed by atoms with E-state index >= 15 is 0 Å². The van der Waals surface area contributed by atoms with Gasteiger partial charge in [0.15, 0.2) is 11.5 Å². The summed E-state index contributed by atoms with van der Waals surface area (Å²) in [6.07, 6.45) is 0.0665. The van der Waals surface area contributed by atoms with Gasteiger partial charge in [0.05, 0.1) is 30.5 Å². The molecule has 0 radical (unpaired) electrons. The number of phenols is 2. The smallest absolute Gasteiger partial charge is 0.299 e. The van der Waals surface area contributed by atoms with Gasteiger partial charge in [-0.2, -0.15) is 35.5 Å². The lowest BCUT2D eigenvalue weighted by Crippen LogP contribution is -2.07. The van der Waals surface area contributed by atoms with Gasteiger partial charge in [-0.1, -0.05) is 42.5 Å². The average Bonchev–Trinajstić information content (AvgIpc) is 3.14. The van der Waals surface area contributed by atoms with E-state index in [1.54, 1.807) is 54.6 Å². The Hall–Kier alpha value is -6.03. The summed E-state index contributed by atoms with van der Waals surface area (Å²) < 4.78 is 94.2. The molecule has 0 spiro atoms. The molecule has 20 heteroatoms. The van der Waals surface area contributed by atoms with Crippen molar-refractivity contribution < 1.29 is 48.4 Å². The standard InChI is InChI=1S/C36H32N6O11S3/c1-52-55(48,49)29-18-26(40-42-34-30(56(50,51)53-2)17-23-6-4-8-28(38)32(23)36(34)44)14-11-21(29)15-20-9-12-25(13-10-20)39-41-33-24(19-54(45,46)47)16-22-5-3-7-27(37)31(22)35(33)43/h3-14,16-18,43-44H,15,19,37-38H2,1-2H3,(H,45,46,47). The van der Waals surface area contributed by atoms with Gasteiger partial charge in [0.1, 0.15) is 22.0 Å². The van der Waals surface area contributed by atoms with Crippen LogP contribution >= 0.6 is 0 Å². The lowest BCUT2D eigenvalue weighted by atomic mass is 10.0. The summed E-state index contributed by atoms with van der Waals surface area (Å²) in [5, 5.41) is 39.4. The fourth-order valence-corrected chi connectivity index (χ4v) is 8.27. The van der Waals surface area contributed by atoms with Crippen LogP contribution < -0.4 is 11.5 Å². The molecule has 0 heterocycles. The molecular weight excluding hydrogens is 789 g/mol. The molecule has 0 aliphatic heterocycles. The predicted octanol–water partition coefficient (Wildman–Crippen LogP) is 7.05. The summed E-state index contributed by atoms with van der Waals surface area (Å²) in [6.45, 7) is 0. The maximum absolute atomic E-state index is 13.1. The second-order valence-corrected chi connectivity index (χ2v) is 17.0. The summed E-state index contributed by atoms with van der Waals surface area (Å²) in [6, 6.07) is 22.5. The minimum Gasteiger partial charge on any atom is -0.505 e. The molecule has 290 valence electrons. The number of nitrogens with two attached hydrogens (primary N) is 2. The molecule has 17 nitrogen and oxygen atoms in total. The Morgan fingerprint density at radius 2 is 1.11 bits per heavy atom. The van der Waals surface area contributed by atoms with Gasteiger partial charge < -0.3 is 21.7 Å². The van der Waals surface area contributed by atoms with Gasteiger partial charge in [-0.25, -0.2) is 0 Å². The zero-order chi connectivity index (χ0) is 40.6. The number of rotatable bonds is 12. The van der Waals surface area contributed by atoms with Gasteiger partial charge in [0.2, 0.25) is 0 Å². The Morgan fingerprint density at radius 1 is 0.589 bits per heavy atom. The van der Waals surface area contributed by atoms with Crippen LogP contribution in [-0.2, 0) is 50.9 Å². The van der Waals surface area contributed by atoms with Crippen molar-refractivity contribution in [3.63, 3.8) is 0 Å². The molecule has 7 N–H and O–H groups in total. The van der Waals surface area contributed by atoms with E-state index in [9.17, 15) is 40.0 Å². The highest BCUT2D eigenvalue weighted by Crippen LogP contribution is 2.45. The normalized spacial score (nSPS) is 12.7. The molecule has 0 amide bonds. The predicted molar refractivity (Wildman–Crippen MR) is 208 cm³/mol. The third-order valence-electron chi connectivity index (χ3n) is 8.56. The molecule has 6 aromatic rings. The maximum atomic E-state index is 13.1. The van der Waals surface area contributed by atoms with Crippen LogP contribution in [0.25, 0.3) is 21.5 Å². The topological polar surface area (TPSA) is 283 Å². The Kier molecular flexibility index (Phi) is 10.8. The second-order valence-electron chi connectivity index (χ2n) is 12.2. The zero-order valence-electron chi connectivity index (χ0n) is 29.4. The van der Waals surface area contributed by atoms with Crippen molar-refractivity contribution in [2.24, 2.45) is 20.5 Å². The van der Waals surface area contributed by atoms with E-state index < -0.39 is 58.2 Å². The van der Waals surface area contributed by atoms with E-state index in [1.807, 2.05) is 0 Å². The van der Waals surface area contributed by atoms with E-state index in [-0.39, 0.29) is 61.7 Å². The molecule has 0 aromatic heterocycles. The van der Waals surface area contributed by atoms with E-state index in [0.29, 0.717) is 16.3 Å². The van der Waals surface area contributed by atoms with E-state index in [2.05, 4.69) is 24.6 Å². The van der Waals surface area contributed by atoms with Crippen LogP contribution in [0.1, 0.15) is 16.7 Å². The van der Waals surface area contributed by atoms with Gasteiger partial charge in [0.25, 0.3) is 30.4 Å². The Labute approximate surface area is 320 Å². The first-order valence-corrected chi connectivity index (χ1v) is 20.5. The van der Waals surface area contributed by atoms with Crippen LogP contribution in [0.5, 0.6) is 11.5 Å². The molecule has 0 aliphatic carbocycles. The molecule has 0 atom stereocenters. The number of phenolic OH excluding ortho intramolecular Hbond substituents is 2. The number of hydrogen-bond donors (Lipinski definition) is 5. The van der Waals surface area contributed by atoms with Crippen molar-refractivity contribution in [2.45, 2.75) is 22.0 Å². The van der Waals surface area contributed by atoms with Crippen molar-refractivity contribution in [3.05, 3.63) is 108 Å². The largest absolute Gasteiger partial charge is 0.505 e. The van der Waals surface area contributed by atoms with Crippen LogP contribution in [0.15, 0.2) is 121 Å². The summed E-state index contributed by atoms with van der Waals surface area (Å²) >= 11 is 0. The lowest BCUT2D eigenvalue weighted by Gasteiger charge is -2.12. The highest BCUT2D eigenvalue weighted by Gasteiger charge is 2.25. The van der Waals surface area contributed by atoms with Gasteiger partial charge >= 0.3 is 0 Å². The van der Waals surface area contributed by atoms with Crippen molar-refractivity contribution in [1.82, 2.24) is 0 Å². The van der Waals surface area contributed by atoms with Crippen molar-refractivity contribution in [3.8, 4) is 11.5 Å². The van der Waals surface area contributed by atoms with Crippen molar-refractivity contribution >= 4 is 86.0 Å². The van der Waals surface area contributed by atoms with Crippen molar-refractivity contribution in [2.75, 3.05) is 25.7 Å². The molecule has 0 bridgehead atoms. The molecule has 0 fully saturated rings. The molecule has 0 unspecified atom stereocenters. The highest BCUT2D eigenvalue weighted by atomic mass is 32.2. The molecule has 6 aromatic carbocycles. The van der Waals surface area contributed by atoms with E-state index in [1.165, 1.54) is 36.4 Å². The van der Waals surface area contributed by atoms with E-state index in [0.717, 1.165) is 14.2 Å². The average molecular weight is 821 g/mol. The fourth-order valence-electron chi connectivity index (χ4n) is 5.92. The van der Waals surface area contributed by atoms with Crippen LogP contribution in [0.2, 0.25) is 0 Å². The van der Waals surface area contributed by atoms with Gasteiger partial charge in [-0.15, -0.1) is 10.2 Å². The Morgan fingerprint density at radius 3 is 1.70 bits per heavy atom.